The molecule has 0 heterocycles. The molecule has 1 nitrogen and oxygen atoms in total. The van der Waals surface area contributed by atoms with Crippen molar-refractivity contribution in [1.29, 1.82) is 0 Å². The molecule has 30 heavy (non-hydrogen) atoms. The summed E-state index contributed by atoms with van der Waals surface area (Å²) in [5.74, 6) is -0.189. The number of unbranched alkanes of at least 4 members (excludes halogenated alkanes) is 1. The maximum atomic E-state index is 14.2. The van der Waals surface area contributed by atoms with E-state index < -0.39 is 0 Å². The molecule has 0 spiro atoms. The Balaban J connectivity index is 1.65. The lowest BCUT2D eigenvalue weighted by molar-refractivity contribution is 0.182. The molecule has 0 bridgehead atoms. The zero-order valence-corrected chi connectivity index (χ0v) is 17.5. The van der Waals surface area contributed by atoms with Crippen LogP contribution < -0.4 is 0 Å². The molecule has 154 valence electrons. The number of rotatable bonds is 9. The average Bonchev–Trinajstić information content (AvgIpc) is 2.75. The first-order valence-electron chi connectivity index (χ1n) is 10.5. The van der Waals surface area contributed by atoms with E-state index in [9.17, 15) is 9.50 Å². The van der Waals surface area contributed by atoms with Gasteiger partial charge in [-0.15, -0.1) is 6.58 Å². The average molecular weight is 401 g/mol. The van der Waals surface area contributed by atoms with Crippen molar-refractivity contribution in [3.05, 3.63) is 102 Å². The van der Waals surface area contributed by atoms with Crippen LogP contribution in [0.3, 0.4) is 0 Å². The maximum Gasteiger partial charge on any atom is 0.127 e. The first-order chi connectivity index (χ1) is 14.6. The van der Waals surface area contributed by atoms with Gasteiger partial charge in [0.1, 0.15) is 5.82 Å². The van der Waals surface area contributed by atoms with Crippen LogP contribution in [0.15, 0.2) is 85.5 Å². The molecule has 0 aromatic heterocycles. The van der Waals surface area contributed by atoms with Crippen molar-refractivity contribution in [2.75, 3.05) is 0 Å². The highest BCUT2D eigenvalue weighted by molar-refractivity contribution is 5.71. The number of benzene rings is 3. The van der Waals surface area contributed by atoms with E-state index in [-0.39, 0.29) is 11.9 Å². The van der Waals surface area contributed by atoms with Crippen molar-refractivity contribution < 1.29 is 9.50 Å². The molecule has 0 amide bonds. The van der Waals surface area contributed by atoms with Crippen LogP contribution >= 0.6 is 0 Å². The van der Waals surface area contributed by atoms with Crippen LogP contribution in [0.5, 0.6) is 0 Å². The van der Waals surface area contributed by atoms with Gasteiger partial charge in [0.25, 0.3) is 0 Å². The first-order valence-corrected chi connectivity index (χ1v) is 10.5. The Kier molecular flexibility index (Phi) is 7.75. The molecule has 0 saturated heterocycles. The van der Waals surface area contributed by atoms with Crippen LogP contribution in [0, 0.1) is 5.82 Å². The SMILES string of the molecule is C=CCc1ccc(-c2ccc(-c3ccc(C=CCCCC(C)O)cc3)cc2)cc1F. The van der Waals surface area contributed by atoms with E-state index in [0.29, 0.717) is 12.0 Å². The second-order valence-electron chi connectivity index (χ2n) is 7.68. The number of halogens is 1. The van der Waals surface area contributed by atoms with Crippen LogP contribution in [0.25, 0.3) is 28.3 Å². The van der Waals surface area contributed by atoms with Gasteiger partial charge >= 0.3 is 0 Å². The predicted octanol–water partition coefficient (Wildman–Crippen LogP) is 7.45. The largest absolute Gasteiger partial charge is 0.393 e. The standard InChI is InChI=1S/C28H29FO/c1-3-7-26-18-19-27(20-28(26)29)25-16-14-24(15-17-25)23-12-10-22(11-13-23)9-6-4-5-8-21(2)30/h3,6,9-21,30H,1,4-5,7-8H2,2H3. The van der Waals surface area contributed by atoms with E-state index in [2.05, 4.69) is 55.1 Å². The molecule has 1 atom stereocenters. The van der Waals surface area contributed by atoms with Crippen LogP contribution in [0.1, 0.15) is 37.3 Å². The van der Waals surface area contributed by atoms with Gasteiger partial charge in [0, 0.05) is 0 Å². The molecule has 2 heteroatoms. The highest BCUT2D eigenvalue weighted by Crippen LogP contribution is 2.27. The van der Waals surface area contributed by atoms with Crippen molar-refractivity contribution >= 4 is 6.08 Å². The Bertz CT molecular complexity index is 982. The third kappa shape index (κ3) is 6.01. The quantitative estimate of drug-likeness (QED) is 0.292. The molecular weight excluding hydrogens is 371 g/mol. The highest BCUT2D eigenvalue weighted by Gasteiger charge is 2.05. The zero-order valence-electron chi connectivity index (χ0n) is 17.5. The fourth-order valence-corrected chi connectivity index (χ4v) is 3.44. The Morgan fingerprint density at radius 1 is 0.900 bits per heavy atom. The van der Waals surface area contributed by atoms with Gasteiger partial charge in [0.15, 0.2) is 0 Å². The Morgan fingerprint density at radius 2 is 1.47 bits per heavy atom. The molecule has 3 rings (SSSR count). The van der Waals surface area contributed by atoms with Crippen LogP contribution in [-0.4, -0.2) is 11.2 Å². The number of aliphatic hydroxyl groups excluding tert-OH is 1. The van der Waals surface area contributed by atoms with Crippen molar-refractivity contribution in [3.8, 4) is 22.3 Å². The third-order valence-corrected chi connectivity index (χ3v) is 5.18. The van der Waals surface area contributed by atoms with E-state index in [1.165, 1.54) is 5.56 Å². The minimum atomic E-state index is -0.222. The highest BCUT2D eigenvalue weighted by atomic mass is 19.1. The van der Waals surface area contributed by atoms with E-state index in [1.54, 1.807) is 12.1 Å². The first kappa shape index (κ1) is 21.7. The Labute approximate surface area is 179 Å². The summed E-state index contributed by atoms with van der Waals surface area (Å²) in [5, 5.41) is 9.29. The van der Waals surface area contributed by atoms with Crippen molar-refractivity contribution in [2.24, 2.45) is 0 Å². The van der Waals surface area contributed by atoms with Gasteiger partial charge in [0.05, 0.1) is 6.10 Å². The van der Waals surface area contributed by atoms with Gasteiger partial charge in [-0.3, -0.25) is 0 Å². The second kappa shape index (κ2) is 10.7. The van der Waals surface area contributed by atoms with Gasteiger partial charge in [0.2, 0.25) is 0 Å². The number of aliphatic hydroxyl groups is 1. The fraction of sp³-hybridized carbons (Fsp3) is 0.214. The summed E-state index contributed by atoms with van der Waals surface area (Å²) in [5.41, 5.74) is 6.00. The molecular formula is C28H29FO. The van der Waals surface area contributed by atoms with Gasteiger partial charge in [-0.25, -0.2) is 4.39 Å². The summed E-state index contributed by atoms with van der Waals surface area (Å²) in [4.78, 5) is 0. The number of allylic oxidation sites excluding steroid dienone is 2. The molecule has 0 saturated carbocycles. The molecule has 0 aliphatic heterocycles. The smallest absolute Gasteiger partial charge is 0.127 e. The summed E-state index contributed by atoms with van der Waals surface area (Å²) < 4.78 is 14.2. The maximum absolute atomic E-state index is 14.2. The van der Waals surface area contributed by atoms with E-state index in [4.69, 9.17) is 0 Å². The third-order valence-electron chi connectivity index (χ3n) is 5.18. The minimum absolute atomic E-state index is 0.189. The normalized spacial score (nSPS) is 12.2. The van der Waals surface area contributed by atoms with E-state index in [1.807, 2.05) is 31.2 Å². The fourth-order valence-electron chi connectivity index (χ4n) is 3.44. The Hall–Kier alpha value is -2.97. The molecule has 0 radical (unpaired) electrons. The van der Waals surface area contributed by atoms with Gasteiger partial charge < -0.3 is 5.11 Å². The van der Waals surface area contributed by atoms with Crippen LogP contribution in [-0.2, 0) is 6.42 Å². The van der Waals surface area contributed by atoms with E-state index >= 15 is 0 Å². The Morgan fingerprint density at radius 3 is 2.03 bits per heavy atom. The summed E-state index contributed by atoms with van der Waals surface area (Å²) in [6.07, 6.45) is 9.13. The molecule has 0 aliphatic carbocycles. The molecule has 3 aromatic rings. The molecule has 0 aliphatic rings. The summed E-state index contributed by atoms with van der Waals surface area (Å²) in [6.45, 7) is 5.50. The summed E-state index contributed by atoms with van der Waals surface area (Å²) in [6, 6.07) is 22.1. The van der Waals surface area contributed by atoms with Gasteiger partial charge in [-0.05, 0) is 72.1 Å². The monoisotopic (exact) mass is 400 g/mol. The lowest BCUT2D eigenvalue weighted by Gasteiger charge is -2.07. The number of hydrogen-bond acceptors (Lipinski definition) is 1. The topological polar surface area (TPSA) is 20.2 Å². The summed E-state index contributed by atoms with van der Waals surface area (Å²) in [7, 11) is 0. The lowest BCUT2D eigenvalue weighted by atomic mass is 9.98. The van der Waals surface area contributed by atoms with Gasteiger partial charge in [-0.1, -0.05) is 78.9 Å². The zero-order chi connectivity index (χ0) is 21.3. The van der Waals surface area contributed by atoms with Crippen molar-refractivity contribution in [3.63, 3.8) is 0 Å². The lowest BCUT2D eigenvalue weighted by Crippen LogP contribution is -1.97. The minimum Gasteiger partial charge on any atom is -0.393 e. The van der Waals surface area contributed by atoms with Gasteiger partial charge in [-0.2, -0.15) is 0 Å². The number of hydrogen-bond donors (Lipinski definition) is 1. The van der Waals surface area contributed by atoms with Crippen molar-refractivity contribution in [1.82, 2.24) is 0 Å². The van der Waals surface area contributed by atoms with Crippen LogP contribution in [0.2, 0.25) is 0 Å². The van der Waals surface area contributed by atoms with Crippen molar-refractivity contribution in [2.45, 2.75) is 38.7 Å². The predicted molar refractivity (Wildman–Crippen MR) is 126 cm³/mol. The summed E-state index contributed by atoms with van der Waals surface area (Å²) >= 11 is 0. The molecule has 0 fully saturated rings. The van der Waals surface area contributed by atoms with Crippen LogP contribution in [0.4, 0.5) is 4.39 Å². The molecule has 3 aromatic carbocycles. The molecule has 1 unspecified atom stereocenters. The second-order valence-corrected chi connectivity index (χ2v) is 7.68. The molecule has 1 N–H and O–H groups in total. The van der Waals surface area contributed by atoms with E-state index in [0.717, 1.165) is 41.5 Å².